The summed E-state index contributed by atoms with van der Waals surface area (Å²) in [5.41, 5.74) is 0.854. The molecule has 124 valence electrons. The molecule has 0 aliphatic heterocycles. The highest BCUT2D eigenvalue weighted by molar-refractivity contribution is 7.89. The Morgan fingerprint density at radius 1 is 1.04 bits per heavy atom. The van der Waals surface area contributed by atoms with E-state index in [2.05, 4.69) is 4.72 Å². The summed E-state index contributed by atoms with van der Waals surface area (Å²) >= 11 is 0. The minimum absolute atomic E-state index is 0.224. The van der Waals surface area contributed by atoms with Crippen LogP contribution in [0.15, 0.2) is 59.5 Å². The number of sulfonamides is 1. The number of likely N-dealkylation sites (N-methyl/N-ethyl adjacent to an activating group) is 1. The maximum absolute atomic E-state index is 12.2. The summed E-state index contributed by atoms with van der Waals surface area (Å²) in [5, 5.41) is 0. The van der Waals surface area contributed by atoms with E-state index in [0.717, 1.165) is 17.9 Å². The molecule has 6 heteroatoms. The second-order valence-electron chi connectivity index (χ2n) is 5.44. The van der Waals surface area contributed by atoms with Crippen molar-refractivity contribution in [2.24, 2.45) is 0 Å². The maximum atomic E-state index is 12.2. The Morgan fingerprint density at radius 2 is 1.78 bits per heavy atom. The van der Waals surface area contributed by atoms with Crippen molar-refractivity contribution in [2.75, 3.05) is 27.2 Å². The molecule has 0 bridgehead atoms. The Hall–Kier alpha value is -1.89. The van der Waals surface area contributed by atoms with Crippen molar-refractivity contribution in [1.82, 2.24) is 9.62 Å². The van der Waals surface area contributed by atoms with Crippen LogP contribution in [0.25, 0.3) is 0 Å². The molecule has 2 aromatic rings. The van der Waals surface area contributed by atoms with Crippen LogP contribution in [0, 0.1) is 0 Å². The molecule has 23 heavy (non-hydrogen) atoms. The molecule has 0 aliphatic carbocycles. The van der Waals surface area contributed by atoms with Gasteiger partial charge in [-0.2, -0.15) is 0 Å². The van der Waals surface area contributed by atoms with E-state index in [4.69, 9.17) is 4.74 Å². The van der Waals surface area contributed by atoms with Crippen molar-refractivity contribution in [1.29, 1.82) is 0 Å². The highest BCUT2D eigenvalue weighted by Gasteiger charge is 2.12. The smallest absolute Gasteiger partial charge is 0.240 e. The molecule has 1 N–H and O–H groups in total. The fourth-order valence-corrected chi connectivity index (χ4v) is 2.99. The molecule has 2 aromatic carbocycles. The summed E-state index contributed by atoms with van der Waals surface area (Å²) in [6.45, 7) is 1.64. The molecule has 0 aromatic heterocycles. The van der Waals surface area contributed by atoms with Crippen LogP contribution < -0.4 is 9.46 Å². The Bertz CT molecular complexity index is 716. The molecule has 0 amide bonds. The highest BCUT2D eigenvalue weighted by atomic mass is 32.2. The minimum Gasteiger partial charge on any atom is -0.492 e. The lowest BCUT2D eigenvalue weighted by atomic mass is 10.2. The van der Waals surface area contributed by atoms with E-state index >= 15 is 0 Å². The van der Waals surface area contributed by atoms with Gasteiger partial charge in [-0.1, -0.05) is 30.3 Å². The molecule has 0 saturated carbocycles. The van der Waals surface area contributed by atoms with Crippen LogP contribution in [0.1, 0.15) is 5.56 Å². The van der Waals surface area contributed by atoms with E-state index in [1.54, 1.807) is 30.3 Å². The van der Waals surface area contributed by atoms with Crippen LogP contribution >= 0.6 is 0 Å². The second kappa shape index (κ2) is 8.10. The topological polar surface area (TPSA) is 58.6 Å². The van der Waals surface area contributed by atoms with E-state index in [1.165, 1.54) is 0 Å². The lowest BCUT2D eigenvalue weighted by Gasteiger charge is -2.12. The van der Waals surface area contributed by atoms with Crippen LogP contribution in [-0.2, 0) is 16.6 Å². The fourth-order valence-electron chi connectivity index (χ4n) is 1.95. The molecule has 0 unspecified atom stereocenters. The molecule has 0 aliphatic rings. The lowest BCUT2D eigenvalue weighted by molar-refractivity contribution is 0.261. The molecule has 2 rings (SSSR count). The van der Waals surface area contributed by atoms with Gasteiger partial charge in [-0.05, 0) is 43.9 Å². The largest absolute Gasteiger partial charge is 0.492 e. The number of hydrogen-bond donors (Lipinski definition) is 1. The Balaban J connectivity index is 1.95. The monoisotopic (exact) mass is 334 g/mol. The van der Waals surface area contributed by atoms with Crippen molar-refractivity contribution < 1.29 is 13.2 Å². The average molecular weight is 334 g/mol. The Labute approximate surface area is 137 Å². The molecule has 0 spiro atoms. The quantitative estimate of drug-likeness (QED) is 0.803. The fraction of sp³-hybridized carbons (Fsp3) is 0.294. The van der Waals surface area contributed by atoms with E-state index in [1.807, 2.05) is 43.3 Å². The summed E-state index contributed by atoms with van der Waals surface area (Å²) in [7, 11) is 0.472. The van der Waals surface area contributed by atoms with Gasteiger partial charge < -0.3 is 9.64 Å². The van der Waals surface area contributed by atoms with Gasteiger partial charge >= 0.3 is 0 Å². The van der Waals surface area contributed by atoms with E-state index in [9.17, 15) is 8.42 Å². The molecule has 0 atom stereocenters. The molecular weight excluding hydrogens is 312 g/mol. The second-order valence-corrected chi connectivity index (χ2v) is 7.20. The maximum Gasteiger partial charge on any atom is 0.240 e. The number of nitrogens with one attached hydrogen (secondary N) is 1. The van der Waals surface area contributed by atoms with Crippen molar-refractivity contribution in [3.63, 3.8) is 0 Å². The van der Waals surface area contributed by atoms with Gasteiger partial charge in [0.1, 0.15) is 12.4 Å². The van der Waals surface area contributed by atoms with Gasteiger partial charge in [0.25, 0.3) is 0 Å². The first-order valence-corrected chi connectivity index (χ1v) is 8.87. The standard InChI is InChI=1S/C17H22N2O3S/c1-19(2)11-12-22-16-8-6-7-15(13-16)14-18-23(20,21)17-9-4-3-5-10-17/h3-10,13,18H,11-12,14H2,1-2H3. The normalized spacial score (nSPS) is 11.6. The van der Waals surface area contributed by atoms with Gasteiger partial charge in [-0.3, -0.25) is 0 Å². The van der Waals surface area contributed by atoms with Gasteiger partial charge in [0.15, 0.2) is 0 Å². The van der Waals surface area contributed by atoms with Crippen LogP contribution in [-0.4, -0.2) is 40.6 Å². The number of ether oxygens (including phenoxy) is 1. The molecule has 0 heterocycles. The van der Waals surface area contributed by atoms with Gasteiger partial charge in [0, 0.05) is 13.1 Å². The van der Waals surface area contributed by atoms with Crippen molar-refractivity contribution in [3.05, 3.63) is 60.2 Å². The first-order valence-electron chi connectivity index (χ1n) is 7.38. The summed E-state index contributed by atoms with van der Waals surface area (Å²) in [6.07, 6.45) is 0. The lowest BCUT2D eigenvalue weighted by Crippen LogP contribution is -2.23. The van der Waals surface area contributed by atoms with Crippen LogP contribution in [0.3, 0.4) is 0 Å². The zero-order chi connectivity index (χ0) is 16.7. The first-order chi connectivity index (χ1) is 11.0. The van der Waals surface area contributed by atoms with E-state index < -0.39 is 10.0 Å². The Morgan fingerprint density at radius 3 is 2.48 bits per heavy atom. The number of nitrogens with zero attached hydrogens (tertiary/aromatic N) is 1. The number of hydrogen-bond acceptors (Lipinski definition) is 4. The molecule has 0 saturated heterocycles. The number of rotatable bonds is 8. The highest BCUT2D eigenvalue weighted by Crippen LogP contribution is 2.14. The predicted molar refractivity (Wildman–Crippen MR) is 91.0 cm³/mol. The average Bonchev–Trinajstić information content (AvgIpc) is 2.54. The molecular formula is C17H22N2O3S. The van der Waals surface area contributed by atoms with Crippen LogP contribution in [0.2, 0.25) is 0 Å². The Kier molecular flexibility index (Phi) is 6.15. The molecule has 0 radical (unpaired) electrons. The third-order valence-corrected chi connectivity index (χ3v) is 4.64. The zero-order valence-corrected chi connectivity index (χ0v) is 14.2. The van der Waals surface area contributed by atoms with Gasteiger partial charge in [0.2, 0.25) is 10.0 Å². The number of benzene rings is 2. The summed E-state index contributed by atoms with van der Waals surface area (Å²) in [4.78, 5) is 2.30. The van der Waals surface area contributed by atoms with Crippen molar-refractivity contribution >= 4 is 10.0 Å². The van der Waals surface area contributed by atoms with E-state index in [-0.39, 0.29) is 11.4 Å². The van der Waals surface area contributed by atoms with Crippen LogP contribution in [0.4, 0.5) is 0 Å². The summed E-state index contributed by atoms with van der Waals surface area (Å²) in [6, 6.07) is 15.8. The van der Waals surface area contributed by atoms with Crippen LogP contribution in [0.5, 0.6) is 5.75 Å². The van der Waals surface area contributed by atoms with Crippen molar-refractivity contribution in [3.8, 4) is 5.75 Å². The predicted octanol–water partition coefficient (Wildman–Crippen LogP) is 2.11. The SMILES string of the molecule is CN(C)CCOc1cccc(CNS(=O)(=O)c2ccccc2)c1. The van der Waals surface area contributed by atoms with Gasteiger partial charge in [0.05, 0.1) is 4.90 Å². The van der Waals surface area contributed by atoms with Crippen molar-refractivity contribution in [2.45, 2.75) is 11.4 Å². The third-order valence-electron chi connectivity index (χ3n) is 3.23. The van der Waals surface area contributed by atoms with Gasteiger partial charge in [-0.25, -0.2) is 13.1 Å². The minimum atomic E-state index is -3.50. The first kappa shape index (κ1) is 17.5. The molecule has 0 fully saturated rings. The molecule has 5 nitrogen and oxygen atoms in total. The third kappa shape index (κ3) is 5.67. The summed E-state index contributed by atoms with van der Waals surface area (Å²) < 4.78 is 32.6. The van der Waals surface area contributed by atoms with E-state index in [0.29, 0.717) is 6.61 Å². The zero-order valence-electron chi connectivity index (χ0n) is 13.4. The summed E-state index contributed by atoms with van der Waals surface area (Å²) in [5.74, 6) is 0.739. The van der Waals surface area contributed by atoms with Gasteiger partial charge in [-0.15, -0.1) is 0 Å².